The first-order valence-electron chi connectivity index (χ1n) is 4.72. The fourth-order valence-electron chi connectivity index (χ4n) is 1.33. The summed E-state index contributed by atoms with van der Waals surface area (Å²) >= 11 is 11.8. The summed E-state index contributed by atoms with van der Waals surface area (Å²) in [4.78, 5) is 4.21. The molecule has 0 fully saturated rings. The van der Waals surface area contributed by atoms with E-state index in [0.717, 1.165) is 12.2 Å². The summed E-state index contributed by atoms with van der Waals surface area (Å²) in [6.45, 7) is 3.38. The van der Waals surface area contributed by atoms with E-state index in [-0.39, 0.29) is 6.04 Å². The minimum Gasteiger partial charge on any atom is -0.383 e. The van der Waals surface area contributed by atoms with Crippen LogP contribution >= 0.6 is 23.2 Å². The van der Waals surface area contributed by atoms with Crippen molar-refractivity contribution in [1.29, 1.82) is 0 Å². The zero-order chi connectivity index (χ0) is 11.3. The molecule has 0 spiro atoms. The molecule has 1 heterocycles. The summed E-state index contributed by atoms with van der Waals surface area (Å²) in [6.07, 6.45) is 1.59. The summed E-state index contributed by atoms with van der Waals surface area (Å²) in [7, 11) is 1.65. The molecule has 5 heteroatoms. The highest BCUT2D eigenvalue weighted by atomic mass is 35.5. The van der Waals surface area contributed by atoms with Crippen molar-refractivity contribution in [1.82, 2.24) is 10.3 Å². The number of hydrogen-bond acceptors (Lipinski definition) is 3. The first kappa shape index (κ1) is 12.7. The molecule has 0 aliphatic heterocycles. The minimum atomic E-state index is 0.00441. The van der Waals surface area contributed by atoms with E-state index in [1.165, 1.54) is 0 Å². The van der Waals surface area contributed by atoms with Gasteiger partial charge in [0.25, 0.3) is 0 Å². The smallest absolute Gasteiger partial charge is 0.0783 e. The molecule has 0 bridgehead atoms. The SMILES string of the molecule is CCNC(COC)c1ncc(Cl)cc1Cl. The summed E-state index contributed by atoms with van der Waals surface area (Å²) in [5.41, 5.74) is 0.768. The van der Waals surface area contributed by atoms with Crippen molar-refractivity contribution in [3.8, 4) is 0 Å². The topological polar surface area (TPSA) is 34.1 Å². The third-order valence-corrected chi connectivity index (χ3v) is 2.46. The Morgan fingerprint density at radius 3 is 2.80 bits per heavy atom. The standard InChI is InChI=1S/C10H14Cl2N2O/c1-3-13-9(6-15-2)10-8(12)4-7(11)5-14-10/h4-5,9,13H,3,6H2,1-2H3. The first-order valence-corrected chi connectivity index (χ1v) is 5.47. The van der Waals surface area contributed by atoms with Gasteiger partial charge < -0.3 is 10.1 Å². The van der Waals surface area contributed by atoms with Gasteiger partial charge in [-0.25, -0.2) is 0 Å². The van der Waals surface area contributed by atoms with Gasteiger partial charge in [0.15, 0.2) is 0 Å². The van der Waals surface area contributed by atoms with Gasteiger partial charge in [0.05, 0.1) is 28.4 Å². The van der Waals surface area contributed by atoms with E-state index in [2.05, 4.69) is 10.3 Å². The monoisotopic (exact) mass is 248 g/mol. The number of nitrogens with one attached hydrogen (secondary N) is 1. The Morgan fingerprint density at radius 1 is 1.53 bits per heavy atom. The zero-order valence-electron chi connectivity index (χ0n) is 8.76. The van der Waals surface area contributed by atoms with Crippen LogP contribution in [0.25, 0.3) is 0 Å². The van der Waals surface area contributed by atoms with Crippen LogP contribution in [0.15, 0.2) is 12.3 Å². The Morgan fingerprint density at radius 2 is 2.27 bits per heavy atom. The Labute approximate surface area is 99.7 Å². The number of aromatic nitrogens is 1. The molecule has 0 aliphatic rings. The van der Waals surface area contributed by atoms with E-state index >= 15 is 0 Å². The number of methoxy groups -OCH3 is 1. The van der Waals surface area contributed by atoms with Crippen LogP contribution in [-0.2, 0) is 4.74 Å². The van der Waals surface area contributed by atoms with Crippen LogP contribution in [0.1, 0.15) is 18.7 Å². The molecule has 0 radical (unpaired) electrons. The molecule has 1 aromatic rings. The predicted octanol–water partition coefficient (Wildman–Crippen LogP) is 2.69. The van der Waals surface area contributed by atoms with Crippen molar-refractivity contribution in [3.63, 3.8) is 0 Å². The normalized spacial score (nSPS) is 12.8. The molecule has 84 valence electrons. The number of likely N-dealkylation sites (N-methyl/N-ethyl adjacent to an activating group) is 1. The van der Waals surface area contributed by atoms with Crippen LogP contribution in [0.3, 0.4) is 0 Å². The van der Waals surface area contributed by atoms with Crippen molar-refractivity contribution >= 4 is 23.2 Å². The lowest BCUT2D eigenvalue weighted by molar-refractivity contribution is 0.166. The molecule has 0 saturated carbocycles. The lowest BCUT2D eigenvalue weighted by Crippen LogP contribution is -2.26. The number of ether oxygens (including phenoxy) is 1. The molecule has 1 rings (SSSR count). The van der Waals surface area contributed by atoms with E-state index in [0.29, 0.717) is 16.7 Å². The second-order valence-electron chi connectivity index (χ2n) is 3.09. The summed E-state index contributed by atoms with van der Waals surface area (Å²) in [5, 5.41) is 4.34. The summed E-state index contributed by atoms with van der Waals surface area (Å²) in [5.74, 6) is 0. The fraction of sp³-hybridized carbons (Fsp3) is 0.500. The molecule has 3 nitrogen and oxygen atoms in total. The van der Waals surface area contributed by atoms with Gasteiger partial charge >= 0.3 is 0 Å². The van der Waals surface area contributed by atoms with Crippen molar-refractivity contribution < 1.29 is 4.74 Å². The highest BCUT2D eigenvalue weighted by molar-refractivity contribution is 6.34. The van der Waals surface area contributed by atoms with Crippen LogP contribution in [0.5, 0.6) is 0 Å². The van der Waals surface area contributed by atoms with Gasteiger partial charge in [-0.05, 0) is 12.6 Å². The number of nitrogens with zero attached hydrogens (tertiary/aromatic N) is 1. The molecule has 1 aromatic heterocycles. The summed E-state index contributed by atoms with van der Waals surface area (Å²) < 4.78 is 5.10. The van der Waals surface area contributed by atoms with Crippen molar-refractivity contribution in [3.05, 3.63) is 28.0 Å². The molecule has 0 saturated heterocycles. The van der Waals surface area contributed by atoms with Gasteiger partial charge in [-0.15, -0.1) is 0 Å². The maximum Gasteiger partial charge on any atom is 0.0783 e. The lowest BCUT2D eigenvalue weighted by Gasteiger charge is -2.17. The third-order valence-electron chi connectivity index (χ3n) is 1.95. The minimum absolute atomic E-state index is 0.00441. The summed E-state index contributed by atoms with van der Waals surface area (Å²) in [6, 6.07) is 1.69. The molecule has 1 unspecified atom stereocenters. The van der Waals surface area contributed by atoms with Crippen LogP contribution < -0.4 is 5.32 Å². The number of rotatable bonds is 5. The van der Waals surface area contributed by atoms with Crippen LogP contribution in [0, 0.1) is 0 Å². The highest BCUT2D eigenvalue weighted by Gasteiger charge is 2.15. The third kappa shape index (κ3) is 3.61. The van der Waals surface area contributed by atoms with Crippen LogP contribution in [0.4, 0.5) is 0 Å². The molecule has 0 amide bonds. The van der Waals surface area contributed by atoms with Gasteiger partial charge in [-0.2, -0.15) is 0 Å². The van der Waals surface area contributed by atoms with E-state index in [9.17, 15) is 0 Å². The molecule has 0 aliphatic carbocycles. The second-order valence-corrected chi connectivity index (χ2v) is 3.93. The lowest BCUT2D eigenvalue weighted by atomic mass is 10.2. The Hall–Kier alpha value is -0.350. The zero-order valence-corrected chi connectivity index (χ0v) is 10.3. The number of hydrogen-bond donors (Lipinski definition) is 1. The van der Waals surface area contributed by atoms with E-state index in [1.54, 1.807) is 19.4 Å². The fourth-order valence-corrected chi connectivity index (χ4v) is 1.84. The average Bonchev–Trinajstić information content (AvgIpc) is 2.17. The molecule has 15 heavy (non-hydrogen) atoms. The van der Waals surface area contributed by atoms with Gasteiger partial charge in [0.2, 0.25) is 0 Å². The molecular weight excluding hydrogens is 235 g/mol. The molecule has 0 aromatic carbocycles. The predicted molar refractivity (Wildman–Crippen MR) is 62.6 cm³/mol. The average molecular weight is 249 g/mol. The highest BCUT2D eigenvalue weighted by Crippen LogP contribution is 2.23. The second kappa shape index (κ2) is 6.28. The van der Waals surface area contributed by atoms with Crippen molar-refractivity contribution in [2.24, 2.45) is 0 Å². The molecule has 1 N–H and O–H groups in total. The van der Waals surface area contributed by atoms with E-state index < -0.39 is 0 Å². The maximum absolute atomic E-state index is 6.05. The Bertz CT molecular complexity index is 314. The van der Waals surface area contributed by atoms with Gasteiger partial charge in [0.1, 0.15) is 0 Å². The Balaban J connectivity index is 2.89. The van der Waals surface area contributed by atoms with Gasteiger partial charge in [-0.1, -0.05) is 30.1 Å². The van der Waals surface area contributed by atoms with E-state index in [1.807, 2.05) is 6.92 Å². The maximum atomic E-state index is 6.05. The molecule has 1 atom stereocenters. The van der Waals surface area contributed by atoms with Crippen LogP contribution in [-0.4, -0.2) is 25.2 Å². The number of pyridine rings is 1. The number of halogens is 2. The van der Waals surface area contributed by atoms with E-state index in [4.69, 9.17) is 27.9 Å². The quantitative estimate of drug-likeness (QED) is 0.871. The van der Waals surface area contributed by atoms with Gasteiger partial charge in [0, 0.05) is 13.3 Å². The van der Waals surface area contributed by atoms with Crippen LogP contribution in [0.2, 0.25) is 10.0 Å². The Kier molecular flexibility index (Phi) is 5.32. The molecular formula is C10H14Cl2N2O. The van der Waals surface area contributed by atoms with Gasteiger partial charge in [-0.3, -0.25) is 4.98 Å². The van der Waals surface area contributed by atoms with Crippen molar-refractivity contribution in [2.75, 3.05) is 20.3 Å². The first-order chi connectivity index (χ1) is 7.19. The largest absolute Gasteiger partial charge is 0.383 e. The van der Waals surface area contributed by atoms with Crippen molar-refractivity contribution in [2.45, 2.75) is 13.0 Å².